The maximum Gasteiger partial charge on any atom is 0.283 e. The highest BCUT2D eigenvalue weighted by atomic mass is 35.5. The number of benzene rings is 2. The molecule has 4 rings (SSSR count). The van der Waals surface area contributed by atoms with Gasteiger partial charge in [-0.25, -0.2) is 4.90 Å². The maximum atomic E-state index is 13.5. The molecule has 4 nitrogen and oxygen atoms in total. The molecular formula is C24H25ClN2O2S. The summed E-state index contributed by atoms with van der Waals surface area (Å²) in [6.07, 6.45) is 5.63. The predicted molar refractivity (Wildman–Crippen MR) is 123 cm³/mol. The number of thioether (sulfide) groups is 1. The fraction of sp³-hybridized carbons (Fsp3) is 0.333. The van der Waals surface area contributed by atoms with Crippen LogP contribution in [-0.4, -0.2) is 29.8 Å². The Morgan fingerprint density at radius 2 is 1.70 bits per heavy atom. The van der Waals surface area contributed by atoms with E-state index in [1.807, 2.05) is 55.3 Å². The minimum atomic E-state index is -0.286. The Kier molecular flexibility index (Phi) is 6.21. The third-order valence-electron chi connectivity index (χ3n) is 5.87. The van der Waals surface area contributed by atoms with Crippen LogP contribution in [-0.2, 0) is 9.59 Å². The molecule has 0 atom stereocenters. The van der Waals surface area contributed by atoms with Gasteiger partial charge in [-0.2, -0.15) is 0 Å². The van der Waals surface area contributed by atoms with Crippen LogP contribution in [0, 0.1) is 6.92 Å². The first-order chi connectivity index (χ1) is 14.5. The fourth-order valence-corrected chi connectivity index (χ4v) is 5.32. The van der Waals surface area contributed by atoms with Crippen molar-refractivity contribution in [2.24, 2.45) is 0 Å². The molecule has 0 radical (unpaired) electrons. The van der Waals surface area contributed by atoms with Gasteiger partial charge in [0.25, 0.3) is 11.8 Å². The Balaban J connectivity index is 1.74. The summed E-state index contributed by atoms with van der Waals surface area (Å²) in [5, 5.41) is 0.541. The monoisotopic (exact) mass is 440 g/mol. The number of imide groups is 1. The van der Waals surface area contributed by atoms with Gasteiger partial charge in [0.2, 0.25) is 0 Å². The molecular weight excluding hydrogens is 416 g/mol. The zero-order valence-corrected chi connectivity index (χ0v) is 18.8. The van der Waals surface area contributed by atoms with Crippen molar-refractivity contribution in [3.63, 3.8) is 0 Å². The molecule has 0 N–H and O–H groups in total. The molecule has 1 heterocycles. The van der Waals surface area contributed by atoms with Crippen LogP contribution in [0.2, 0.25) is 5.02 Å². The van der Waals surface area contributed by atoms with Gasteiger partial charge in [-0.1, -0.05) is 66.9 Å². The molecule has 0 aromatic heterocycles. The molecule has 2 aromatic rings. The van der Waals surface area contributed by atoms with E-state index >= 15 is 0 Å². The molecule has 1 aliphatic heterocycles. The topological polar surface area (TPSA) is 40.6 Å². The molecule has 0 unspecified atom stereocenters. The number of aryl methyl sites for hydroxylation is 1. The lowest BCUT2D eigenvalue weighted by Gasteiger charge is -2.33. The minimum Gasteiger partial charge on any atom is -0.366 e. The van der Waals surface area contributed by atoms with Crippen LogP contribution in [0.5, 0.6) is 0 Å². The third-order valence-corrected chi connectivity index (χ3v) is 7.36. The average molecular weight is 441 g/mol. The number of likely N-dealkylation sites (N-methyl/N-ethyl adjacent to an activating group) is 1. The summed E-state index contributed by atoms with van der Waals surface area (Å²) in [6.45, 7) is 1.90. The van der Waals surface area contributed by atoms with Crippen LogP contribution in [0.4, 0.5) is 5.69 Å². The number of carbonyl (C=O) groups excluding carboxylic acids is 2. The van der Waals surface area contributed by atoms with Crippen LogP contribution in [0.3, 0.4) is 0 Å². The zero-order valence-electron chi connectivity index (χ0n) is 17.2. The predicted octanol–water partition coefficient (Wildman–Crippen LogP) is 5.79. The molecule has 6 heteroatoms. The molecule has 0 bridgehead atoms. The highest BCUT2D eigenvalue weighted by Gasteiger charge is 2.43. The largest absolute Gasteiger partial charge is 0.366 e. The van der Waals surface area contributed by atoms with E-state index in [-0.39, 0.29) is 17.9 Å². The lowest BCUT2D eigenvalue weighted by atomic mass is 9.94. The Morgan fingerprint density at radius 1 is 1.00 bits per heavy atom. The second-order valence-electron chi connectivity index (χ2n) is 7.87. The van der Waals surface area contributed by atoms with E-state index in [2.05, 4.69) is 0 Å². The smallest absolute Gasteiger partial charge is 0.283 e. The number of hydrogen-bond acceptors (Lipinski definition) is 4. The number of hydrogen-bond donors (Lipinski definition) is 0. The maximum absolute atomic E-state index is 13.5. The molecule has 0 saturated heterocycles. The van der Waals surface area contributed by atoms with Gasteiger partial charge in [0.15, 0.2) is 0 Å². The van der Waals surface area contributed by atoms with Crippen molar-refractivity contribution >= 4 is 40.9 Å². The van der Waals surface area contributed by atoms with Gasteiger partial charge >= 0.3 is 0 Å². The van der Waals surface area contributed by atoms with Gasteiger partial charge in [-0.3, -0.25) is 9.59 Å². The number of carbonyl (C=O) groups is 2. The van der Waals surface area contributed by atoms with E-state index in [0.717, 1.165) is 36.1 Å². The van der Waals surface area contributed by atoms with Crippen LogP contribution < -0.4 is 4.90 Å². The Morgan fingerprint density at radius 3 is 2.37 bits per heavy atom. The molecule has 1 saturated carbocycles. The van der Waals surface area contributed by atoms with Gasteiger partial charge < -0.3 is 4.90 Å². The number of anilines is 1. The number of halogens is 1. The highest BCUT2D eigenvalue weighted by molar-refractivity contribution is 8.04. The normalized spacial score (nSPS) is 17.8. The standard InChI is InChI=1S/C24H25ClN2O2S/c1-16-13-14-18(15-20(16)25)27-23(28)21(26(2)17-9-5-3-6-10-17)22(24(27)29)30-19-11-7-4-8-12-19/h4,7-8,11-15,17H,3,5-6,9-10H2,1-2H3. The average Bonchev–Trinajstić information content (AvgIpc) is 3.00. The fourth-order valence-electron chi connectivity index (χ4n) is 4.11. The summed E-state index contributed by atoms with van der Waals surface area (Å²) in [4.78, 5) is 31.7. The number of nitrogens with zero attached hydrogens (tertiary/aromatic N) is 2. The van der Waals surface area contributed by atoms with E-state index in [0.29, 0.717) is 21.3 Å². The summed E-state index contributed by atoms with van der Waals surface area (Å²) in [6, 6.07) is 15.3. The molecule has 0 spiro atoms. The van der Waals surface area contributed by atoms with Gasteiger partial charge in [-0.15, -0.1) is 0 Å². The van der Waals surface area contributed by atoms with E-state index in [1.165, 1.54) is 23.1 Å². The molecule has 1 fully saturated rings. The van der Waals surface area contributed by atoms with Crippen molar-refractivity contribution in [1.29, 1.82) is 0 Å². The van der Waals surface area contributed by atoms with Crippen molar-refractivity contribution in [3.8, 4) is 0 Å². The quantitative estimate of drug-likeness (QED) is 0.551. The van der Waals surface area contributed by atoms with Crippen LogP contribution in [0.15, 0.2) is 64.0 Å². The SMILES string of the molecule is Cc1ccc(N2C(=O)C(Sc3ccccc3)=C(N(C)C3CCCCC3)C2=O)cc1Cl. The van der Waals surface area contributed by atoms with E-state index in [4.69, 9.17) is 11.6 Å². The van der Waals surface area contributed by atoms with Crippen molar-refractivity contribution < 1.29 is 9.59 Å². The second kappa shape index (κ2) is 8.86. The third kappa shape index (κ3) is 4.01. The van der Waals surface area contributed by atoms with Gasteiger partial charge in [-0.05, 0) is 49.6 Å². The highest BCUT2D eigenvalue weighted by Crippen LogP contribution is 2.40. The molecule has 2 amide bonds. The van der Waals surface area contributed by atoms with Crippen molar-refractivity contribution in [2.45, 2.75) is 50.0 Å². The summed E-state index contributed by atoms with van der Waals surface area (Å²) in [5.74, 6) is -0.558. The molecule has 30 heavy (non-hydrogen) atoms. The summed E-state index contributed by atoms with van der Waals surface area (Å²) in [5.41, 5.74) is 1.92. The first kappa shape index (κ1) is 21.0. The zero-order chi connectivity index (χ0) is 21.3. The number of rotatable bonds is 5. The van der Waals surface area contributed by atoms with Gasteiger partial charge in [0, 0.05) is 23.0 Å². The van der Waals surface area contributed by atoms with Gasteiger partial charge in [0.1, 0.15) is 10.6 Å². The summed E-state index contributed by atoms with van der Waals surface area (Å²) in [7, 11) is 1.95. The van der Waals surface area contributed by atoms with E-state index < -0.39 is 0 Å². The van der Waals surface area contributed by atoms with Crippen molar-refractivity contribution in [3.05, 3.63) is 69.7 Å². The second-order valence-corrected chi connectivity index (χ2v) is 9.37. The summed E-state index contributed by atoms with van der Waals surface area (Å²) >= 11 is 7.66. The van der Waals surface area contributed by atoms with Gasteiger partial charge in [0.05, 0.1) is 5.69 Å². The van der Waals surface area contributed by atoms with E-state index in [1.54, 1.807) is 12.1 Å². The van der Waals surface area contributed by atoms with Crippen molar-refractivity contribution in [1.82, 2.24) is 4.90 Å². The van der Waals surface area contributed by atoms with E-state index in [9.17, 15) is 9.59 Å². The Labute approximate surface area is 186 Å². The molecule has 2 aromatic carbocycles. The molecule has 2 aliphatic rings. The summed E-state index contributed by atoms with van der Waals surface area (Å²) < 4.78 is 0. The van der Waals surface area contributed by atoms with Crippen LogP contribution in [0.1, 0.15) is 37.7 Å². The van der Waals surface area contributed by atoms with Crippen LogP contribution in [0.25, 0.3) is 0 Å². The Bertz CT molecular complexity index is 1000. The lowest BCUT2D eigenvalue weighted by Crippen LogP contribution is -2.38. The minimum absolute atomic E-state index is 0.272. The first-order valence-corrected chi connectivity index (χ1v) is 11.5. The number of amides is 2. The molecule has 1 aliphatic carbocycles. The first-order valence-electron chi connectivity index (χ1n) is 10.3. The van der Waals surface area contributed by atoms with Crippen molar-refractivity contribution in [2.75, 3.05) is 11.9 Å². The Hall–Kier alpha value is -2.24. The molecule has 156 valence electrons. The van der Waals surface area contributed by atoms with Crippen LogP contribution >= 0.6 is 23.4 Å². The lowest BCUT2D eigenvalue weighted by molar-refractivity contribution is -0.121.